The Balaban J connectivity index is 1.41. The number of allylic oxidation sites excluding steroid dienone is 2. The van der Waals surface area contributed by atoms with Gasteiger partial charge >= 0.3 is 16.4 Å². The van der Waals surface area contributed by atoms with Crippen LogP contribution in [0.15, 0.2) is 11.6 Å². The summed E-state index contributed by atoms with van der Waals surface area (Å²) in [6.45, 7) is 15.1. The van der Waals surface area contributed by atoms with Gasteiger partial charge in [-0.1, -0.05) is 53.2 Å². The number of carbonyl (C=O) groups excluding carboxylic acids is 1. The molecule has 3 saturated carbocycles. The molecule has 4 aliphatic carbocycles. The summed E-state index contributed by atoms with van der Waals surface area (Å²) in [4.78, 5) is 11.8. The van der Waals surface area contributed by atoms with Gasteiger partial charge in [0.05, 0.1) is 18.3 Å². The third-order valence-electron chi connectivity index (χ3n) is 12.0. The van der Waals surface area contributed by atoms with Gasteiger partial charge in [0.25, 0.3) is 0 Å². The van der Waals surface area contributed by atoms with Gasteiger partial charge in [0, 0.05) is 6.92 Å². The first-order valence-electron chi connectivity index (χ1n) is 14.9. The van der Waals surface area contributed by atoms with E-state index in [9.17, 15) is 22.9 Å². The second kappa shape index (κ2) is 10.1. The molecule has 9 heteroatoms. The molecule has 0 aromatic rings. The molecule has 13 unspecified atom stereocenters. The van der Waals surface area contributed by atoms with Gasteiger partial charge in [-0.2, -0.15) is 8.42 Å². The zero-order valence-electron chi connectivity index (χ0n) is 24.5. The molecule has 13 atom stereocenters. The highest BCUT2D eigenvalue weighted by molar-refractivity contribution is 7.80. The molecule has 5 rings (SSSR count). The standard InChI is InChI=1S/C30H48O8S/c1-15(2)16(3)25-26(37-25)17(4)20-10-11-21-19-8-9-23-27(38-39(33,34)35)28(36-18(5)31)24(32)14-30(23,7)22(19)12-13-29(20,21)6/h8,15-17,20-28,32H,9-14H2,1-7H3,(H,33,34,35). The van der Waals surface area contributed by atoms with E-state index in [1.165, 1.54) is 18.9 Å². The Bertz CT molecular complexity index is 1100. The maximum Gasteiger partial charge on any atom is 0.397 e. The van der Waals surface area contributed by atoms with Crippen molar-refractivity contribution in [3.63, 3.8) is 0 Å². The van der Waals surface area contributed by atoms with E-state index in [0.717, 1.165) is 19.3 Å². The lowest BCUT2D eigenvalue weighted by Gasteiger charge is -2.59. The number of hydrogen-bond acceptors (Lipinski definition) is 7. The highest BCUT2D eigenvalue weighted by atomic mass is 32.3. The van der Waals surface area contributed by atoms with Gasteiger partial charge in [0.1, 0.15) is 6.10 Å². The van der Waals surface area contributed by atoms with Crippen molar-refractivity contribution < 1.29 is 36.5 Å². The molecule has 0 spiro atoms. The number of epoxide rings is 1. The summed E-state index contributed by atoms with van der Waals surface area (Å²) in [5.74, 6) is 1.94. The summed E-state index contributed by atoms with van der Waals surface area (Å²) >= 11 is 0. The lowest BCUT2D eigenvalue weighted by Crippen LogP contribution is -2.61. The molecule has 39 heavy (non-hydrogen) atoms. The van der Waals surface area contributed by atoms with Crippen LogP contribution in [0.1, 0.15) is 87.0 Å². The van der Waals surface area contributed by atoms with Crippen LogP contribution in [0, 0.1) is 52.3 Å². The second-order valence-electron chi connectivity index (χ2n) is 14.2. The smallest absolute Gasteiger partial charge is 0.397 e. The van der Waals surface area contributed by atoms with E-state index < -0.39 is 40.1 Å². The zero-order valence-corrected chi connectivity index (χ0v) is 25.3. The monoisotopic (exact) mass is 568 g/mol. The van der Waals surface area contributed by atoms with Crippen molar-refractivity contribution in [1.29, 1.82) is 0 Å². The van der Waals surface area contributed by atoms with Crippen LogP contribution < -0.4 is 0 Å². The molecular formula is C30H48O8S. The molecule has 0 amide bonds. The van der Waals surface area contributed by atoms with Crippen LogP contribution in [-0.2, 0) is 28.9 Å². The van der Waals surface area contributed by atoms with Gasteiger partial charge < -0.3 is 14.6 Å². The van der Waals surface area contributed by atoms with E-state index in [0.29, 0.717) is 54.6 Å². The fraction of sp³-hybridized carbons (Fsp3) is 0.900. The first kappa shape index (κ1) is 29.5. The summed E-state index contributed by atoms with van der Waals surface area (Å²) in [6, 6.07) is 0. The molecule has 2 N–H and O–H groups in total. The molecule has 0 bridgehead atoms. The predicted molar refractivity (Wildman–Crippen MR) is 146 cm³/mol. The molecule has 0 aromatic heterocycles. The molecule has 0 radical (unpaired) electrons. The molecule has 0 aromatic carbocycles. The number of aliphatic hydroxyl groups excluding tert-OH is 1. The minimum absolute atomic E-state index is 0.176. The molecule has 222 valence electrons. The van der Waals surface area contributed by atoms with Crippen LogP contribution in [0.5, 0.6) is 0 Å². The van der Waals surface area contributed by atoms with E-state index >= 15 is 0 Å². The van der Waals surface area contributed by atoms with E-state index in [1.54, 1.807) is 0 Å². The predicted octanol–water partition coefficient (Wildman–Crippen LogP) is 4.96. The highest BCUT2D eigenvalue weighted by Gasteiger charge is 2.63. The van der Waals surface area contributed by atoms with Gasteiger partial charge in [0.15, 0.2) is 6.10 Å². The summed E-state index contributed by atoms with van der Waals surface area (Å²) in [7, 11) is -4.82. The first-order chi connectivity index (χ1) is 18.1. The number of rotatable bonds is 7. The van der Waals surface area contributed by atoms with Crippen molar-refractivity contribution in [3.8, 4) is 0 Å². The van der Waals surface area contributed by atoms with Crippen molar-refractivity contribution in [2.45, 2.75) is 118 Å². The van der Waals surface area contributed by atoms with Crippen LogP contribution in [0.25, 0.3) is 0 Å². The van der Waals surface area contributed by atoms with Crippen molar-refractivity contribution in [2.75, 3.05) is 0 Å². The summed E-state index contributed by atoms with van der Waals surface area (Å²) in [5.41, 5.74) is 1.18. The normalized spacial score (nSPS) is 46.9. The lowest BCUT2D eigenvalue weighted by molar-refractivity contribution is -0.193. The number of esters is 1. The minimum atomic E-state index is -4.82. The van der Waals surface area contributed by atoms with E-state index in [4.69, 9.17) is 13.7 Å². The molecule has 1 aliphatic heterocycles. The second-order valence-corrected chi connectivity index (χ2v) is 15.3. The third-order valence-corrected chi connectivity index (χ3v) is 12.5. The average Bonchev–Trinajstić information content (AvgIpc) is 3.53. The van der Waals surface area contributed by atoms with E-state index in [-0.39, 0.29) is 17.3 Å². The number of carbonyl (C=O) groups is 1. The summed E-state index contributed by atoms with van der Waals surface area (Å²) in [6.07, 6.45) is 4.89. The molecule has 1 heterocycles. The quantitative estimate of drug-likeness (QED) is 0.191. The highest BCUT2D eigenvalue weighted by Crippen LogP contribution is 2.68. The Labute approximate surface area is 234 Å². The number of hydrogen-bond donors (Lipinski definition) is 2. The molecule has 5 aliphatic rings. The Kier molecular flexibility index (Phi) is 7.62. The van der Waals surface area contributed by atoms with Crippen LogP contribution in [0.3, 0.4) is 0 Å². The molecule has 1 saturated heterocycles. The first-order valence-corrected chi connectivity index (χ1v) is 16.3. The Morgan fingerprint density at radius 2 is 1.72 bits per heavy atom. The fourth-order valence-electron chi connectivity index (χ4n) is 9.69. The van der Waals surface area contributed by atoms with Gasteiger partial charge in [0.2, 0.25) is 0 Å². The Hall–Kier alpha value is -1.00. The van der Waals surface area contributed by atoms with Crippen LogP contribution in [0.4, 0.5) is 0 Å². The average molecular weight is 569 g/mol. The molecular weight excluding hydrogens is 520 g/mol. The van der Waals surface area contributed by atoms with Gasteiger partial charge in [-0.3, -0.25) is 9.35 Å². The van der Waals surface area contributed by atoms with Crippen LogP contribution in [0.2, 0.25) is 0 Å². The number of fused-ring (bicyclic) bond motifs is 5. The Morgan fingerprint density at radius 3 is 2.33 bits per heavy atom. The van der Waals surface area contributed by atoms with E-state index in [1.807, 2.05) is 0 Å². The largest absolute Gasteiger partial charge is 0.457 e. The van der Waals surface area contributed by atoms with Crippen molar-refractivity contribution in [3.05, 3.63) is 11.6 Å². The van der Waals surface area contributed by atoms with Crippen molar-refractivity contribution in [2.24, 2.45) is 52.3 Å². The molecule has 8 nitrogen and oxygen atoms in total. The maximum atomic E-state index is 11.8. The minimum Gasteiger partial charge on any atom is -0.457 e. The van der Waals surface area contributed by atoms with Gasteiger partial charge in [-0.15, -0.1) is 0 Å². The van der Waals surface area contributed by atoms with Crippen molar-refractivity contribution in [1.82, 2.24) is 0 Å². The third kappa shape index (κ3) is 5.02. The van der Waals surface area contributed by atoms with Crippen LogP contribution >= 0.6 is 0 Å². The summed E-state index contributed by atoms with van der Waals surface area (Å²) < 4.78 is 50.1. The number of ether oxygens (including phenoxy) is 2. The van der Waals surface area contributed by atoms with Gasteiger partial charge in [-0.25, -0.2) is 4.18 Å². The fourth-order valence-corrected chi connectivity index (χ4v) is 10.2. The van der Waals surface area contributed by atoms with E-state index in [2.05, 4.69) is 47.6 Å². The number of aliphatic hydroxyl groups is 1. The SMILES string of the molecule is CC(=O)OC1C(O)CC2(C)C3CCC4(C)C(CCC4C(C)C4OC4C(C)C(C)C)C3=CCC2C1OS(=O)(=O)O. The topological polar surface area (TPSA) is 123 Å². The van der Waals surface area contributed by atoms with Crippen LogP contribution in [-0.4, -0.2) is 54.6 Å². The Morgan fingerprint density at radius 1 is 1.05 bits per heavy atom. The van der Waals surface area contributed by atoms with Gasteiger partial charge in [-0.05, 0) is 90.8 Å². The summed E-state index contributed by atoms with van der Waals surface area (Å²) in [5, 5.41) is 11.1. The zero-order chi connectivity index (χ0) is 28.7. The molecule has 4 fully saturated rings. The lowest BCUT2D eigenvalue weighted by atomic mass is 9.47. The maximum absolute atomic E-state index is 11.8. The van der Waals surface area contributed by atoms with Crippen molar-refractivity contribution >= 4 is 16.4 Å².